The summed E-state index contributed by atoms with van der Waals surface area (Å²) in [5.74, 6) is -0.748. The predicted molar refractivity (Wildman–Crippen MR) is 76.4 cm³/mol. The number of nitrogens with one attached hydrogen (secondary N) is 1. The highest BCUT2D eigenvalue weighted by Crippen LogP contribution is 2.21. The summed E-state index contributed by atoms with van der Waals surface area (Å²) in [6.45, 7) is 0.954. The van der Waals surface area contributed by atoms with Gasteiger partial charge in [0.05, 0.1) is 24.2 Å². The van der Waals surface area contributed by atoms with Crippen molar-refractivity contribution in [2.75, 3.05) is 26.1 Å². The van der Waals surface area contributed by atoms with E-state index in [2.05, 4.69) is 9.46 Å². The van der Waals surface area contributed by atoms with Crippen LogP contribution in [0.1, 0.15) is 23.2 Å². The van der Waals surface area contributed by atoms with Gasteiger partial charge in [0.15, 0.2) is 0 Å². The summed E-state index contributed by atoms with van der Waals surface area (Å²) in [7, 11) is -2.66. The number of hydrogen-bond acceptors (Lipinski definition) is 6. The fraction of sp³-hybridized carbons (Fsp3) is 0.462. The lowest BCUT2D eigenvalue weighted by Gasteiger charge is -2.23. The molecule has 0 amide bonds. The van der Waals surface area contributed by atoms with Crippen LogP contribution >= 0.6 is 0 Å². The number of hydrogen-bond donors (Lipinski definition) is 2. The van der Waals surface area contributed by atoms with Crippen molar-refractivity contribution in [3.05, 3.63) is 23.8 Å². The Morgan fingerprint density at radius 1 is 1.48 bits per heavy atom. The summed E-state index contributed by atoms with van der Waals surface area (Å²) < 4.78 is 37.3. The third-order valence-electron chi connectivity index (χ3n) is 3.18. The largest absolute Gasteiger partial charge is 0.465 e. The van der Waals surface area contributed by atoms with E-state index in [1.165, 1.54) is 25.3 Å². The number of nitrogen functional groups attached to an aromatic ring is 1. The average molecular weight is 314 g/mol. The molecule has 0 saturated carbocycles. The molecule has 1 heterocycles. The molecule has 116 valence electrons. The van der Waals surface area contributed by atoms with Gasteiger partial charge in [-0.2, -0.15) is 0 Å². The van der Waals surface area contributed by atoms with Crippen molar-refractivity contribution in [2.45, 2.75) is 23.8 Å². The number of anilines is 1. The van der Waals surface area contributed by atoms with Crippen LogP contribution < -0.4 is 10.5 Å². The van der Waals surface area contributed by atoms with Crippen LogP contribution in [-0.2, 0) is 19.5 Å². The van der Waals surface area contributed by atoms with Gasteiger partial charge in [0, 0.05) is 18.3 Å². The normalized spacial score (nSPS) is 19.2. The molecule has 1 atom stereocenters. The molecule has 0 spiro atoms. The van der Waals surface area contributed by atoms with E-state index in [0.29, 0.717) is 19.6 Å². The van der Waals surface area contributed by atoms with E-state index < -0.39 is 16.0 Å². The summed E-state index contributed by atoms with van der Waals surface area (Å²) in [6.07, 6.45) is 1.49. The quantitative estimate of drug-likeness (QED) is 0.619. The van der Waals surface area contributed by atoms with Crippen LogP contribution in [0.25, 0.3) is 0 Å². The fourth-order valence-corrected chi connectivity index (χ4v) is 3.60. The number of esters is 1. The second kappa shape index (κ2) is 6.42. The molecule has 3 N–H and O–H groups in total. The van der Waals surface area contributed by atoms with Crippen LogP contribution in [-0.4, -0.2) is 40.8 Å². The highest BCUT2D eigenvalue weighted by molar-refractivity contribution is 7.89. The Labute approximate surface area is 123 Å². The van der Waals surface area contributed by atoms with Gasteiger partial charge >= 0.3 is 5.97 Å². The first-order valence-electron chi connectivity index (χ1n) is 6.52. The zero-order valence-electron chi connectivity index (χ0n) is 11.7. The van der Waals surface area contributed by atoms with Crippen LogP contribution in [0, 0.1) is 0 Å². The molecular formula is C13H18N2O5S. The average Bonchev–Trinajstić information content (AvgIpc) is 2.46. The molecule has 1 aromatic rings. The zero-order chi connectivity index (χ0) is 15.5. The minimum absolute atomic E-state index is 0.0817. The molecule has 7 nitrogen and oxygen atoms in total. The van der Waals surface area contributed by atoms with E-state index in [4.69, 9.17) is 10.5 Å². The Bertz CT molecular complexity index is 623. The third-order valence-corrected chi connectivity index (χ3v) is 4.76. The first-order chi connectivity index (χ1) is 9.94. The van der Waals surface area contributed by atoms with Crippen molar-refractivity contribution in [1.82, 2.24) is 4.72 Å². The SMILES string of the molecule is COC(=O)c1cc(N)ccc1S(=O)(=O)NC1CCCOC1. The minimum Gasteiger partial charge on any atom is -0.465 e. The highest BCUT2D eigenvalue weighted by Gasteiger charge is 2.27. The first kappa shape index (κ1) is 15.7. The van der Waals surface area contributed by atoms with Gasteiger partial charge in [-0.25, -0.2) is 17.9 Å². The van der Waals surface area contributed by atoms with E-state index in [1.54, 1.807) is 0 Å². The standard InChI is InChI=1S/C13H18N2O5S/c1-19-13(16)11-7-9(14)4-5-12(11)21(17,18)15-10-3-2-6-20-8-10/h4-5,7,10,15H,2-3,6,8,14H2,1H3. The number of sulfonamides is 1. The Kier molecular flexibility index (Phi) is 4.81. The van der Waals surface area contributed by atoms with Gasteiger partial charge in [0.2, 0.25) is 10.0 Å². The monoisotopic (exact) mass is 314 g/mol. The van der Waals surface area contributed by atoms with Gasteiger partial charge in [-0.1, -0.05) is 0 Å². The Hall–Kier alpha value is -1.64. The van der Waals surface area contributed by atoms with E-state index in [1.807, 2.05) is 0 Å². The fourth-order valence-electron chi connectivity index (χ4n) is 2.17. The molecule has 0 bridgehead atoms. The smallest absolute Gasteiger partial charge is 0.339 e. The predicted octanol–water partition coefficient (Wildman–Crippen LogP) is 0.513. The summed E-state index contributed by atoms with van der Waals surface area (Å²) in [5, 5.41) is 0. The molecule has 1 aliphatic rings. The number of carbonyl (C=O) groups excluding carboxylic acids is 1. The zero-order valence-corrected chi connectivity index (χ0v) is 12.5. The molecule has 0 radical (unpaired) electrons. The molecule has 0 aliphatic carbocycles. The van der Waals surface area contributed by atoms with Gasteiger partial charge in [0.1, 0.15) is 0 Å². The molecule has 1 fully saturated rings. The lowest BCUT2D eigenvalue weighted by molar-refractivity contribution is 0.0596. The number of methoxy groups -OCH3 is 1. The number of carbonyl (C=O) groups is 1. The van der Waals surface area contributed by atoms with Crippen LogP contribution in [0.15, 0.2) is 23.1 Å². The minimum atomic E-state index is -3.85. The maximum atomic E-state index is 12.4. The van der Waals surface area contributed by atoms with Crippen LogP contribution in [0.4, 0.5) is 5.69 Å². The van der Waals surface area contributed by atoms with E-state index >= 15 is 0 Å². The van der Waals surface area contributed by atoms with Crippen molar-refractivity contribution in [3.8, 4) is 0 Å². The molecule has 0 aromatic heterocycles. The molecular weight excluding hydrogens is 296 g/mol. The number of rotatable bonds is 4. The molecule has 2 rings (SSSR count). The molecule has 21 heavy (non-hydrogen) atoms. The van der Waals surface area contributed by atoms with Crippen molar-refractivity contribution < 1.29 is 22.7 Å². The van der Waals surface area contributed by atoms with Crippen LogP contribution in [0.2, 0.25) is 0 Å². The Morgan fingerprint density at radius 2 is 2.24 bits per heavy atom. The molecule has 1 aromatic carbocycles. The van der Waals surface area contributed by atoms with Gasteiger partial charge in [-0.3, -0.25) is 0 Å². The number of ether oxygens (including phenoxy) is 2. The summed E-state index contributed by atoms with van der Waals surface area (Å²) in [6, 6.07) is 3.72. The maximum Gasteiger partial charge on any atom is 0.339 e. The van der Waals surface area contributed by atoms with Crippen molar-refractivity contribution in [2.24, 2.45) is 0 Å². The van der Waals surface area contributed by atoms with Gasteiger partial charge < -0.3 is 15.2 Å². The maximum absolute atomic E-state index is 12.4. The highest BCUT2D eigenvalue weighted by atomic mass is 32.2. The second-order valence-electron chi connectivity index (χ2n) is 4.78. The van der Waals surface area contributed by atoms with E-state index in [9.17, 15) is 13.2 Å². The number of benzene rings is 1. The van der Waals surface area contributed by atoms with Crippen molar-refractivity contribution in [1.29, 1.82) is 0 Å². The summed E-state index contributed by atoms with van der Waals surface area (Å²) in [4.78, 5) is 11.6. The Balaban J connectivity index is 2.32. The van der Waals surface area contributed by atoms with Gasteiger partial charge in [-0.05, 0) is 31.0 Å². The van der Waals surface area contributed by atoms with Crippen LogP contribution in [0.3, 0.4) is 0 Å². The van der Waals surface area contributed by atoms with Crippen LogP contribution in [0.5, 0.6) is 0 Å². The Morgan fingerprint density at radius 3 is 2.86 bits per heavy atom. The third kappa shape index (κ3) is 3.72. The number of nitrogens with two attached hydrogens (primary N) is 1. The lowest BCUT2D eigenvalue weighted by Crippen LogP contribution is -2.41. The molecule has 8 heteroatoms. The summed E-state index contributed by atoms with van der Waals surface area (Å²) >= 11 is 0. The van der Waals surface area contributed by atoms with Gasteiger partial charge in [0.25, 0.3) is 0 Å². The topological polar surface area (TPSA) is 108 Å². The van der Waals surface area contributed by atoms with E-state index in [-0.39, 0.29) is 22.2 Å². The van der Waals surface area contributed by atoms with Gasteiger partial charge in [-0.15, -0.1) is 0 Å². The second-order valence-corrected chi connectivity index (χ2v) is 6.46. The van der Waals surface area contributed by atoms with E-state index in [0.717, 1.165) is 6.42 Å². The molecule has 1 unspecified atom stereocenters. The van der Waals surface area contributed by atoms with Crippen molar-refractivity contribution in [3.63, 3.8) is 0 Å². The van der Waals surface area contributed by atoms with Crippen molar-refractivity contribution >= 4 is 21.7 Å². The first-order valence-corrected chi connectivity index (χ1v) is 8.00. The lowest BCUT2D eigenvalue weighted by atomic mass is 10.1. The summed E-state index contributed by atoms with van der Waals surface area (Å²) in [5.41, 5.74) is 5.81. The molecule has 1 saturated heterocycles. The molecule has 1 aliphatic heterocycles.